The lowest BCUT2D eigenvalue weighted by molar-refractivity contribution is -0.145. The Bertz CT molecular complexity index is 433. The molecular weight excluding hydrogens is 214 g/mol. The molecule has 2 atom stereocenters. The minimum atomic E-state index is -1.26. The van der Waals surface area contributed by atoms with Crippen molar-refractivity contribution in [2.45, 2.75) is 18.9 Å². The number of halogens is 1. The summed E-state index contributed by atoms with van der Waals surface area (Å²) in [5.74, 6) is -1.08. The fraction of sp³-hybridized carbons (Fsp3) is 0.364. The molecule has 0 aromatic heterocycles. The number of carboxylic acids is 1. The van der Waals surface area contributed by atoms with E-state index in [1.165, 1.54) is 0 Å². The number of fused-ring (bicyclic) bond motifs is 1. The largest absolute Gasteiger partial charge is 0.480 e. The molecule has 2 rings (SSSR count). The van der Waals surface area contributed by atoms with Gasteiger partial charge in [0, 0.05) is 5.02 Å². The first-order chi connectivity index (χ1) is 6.96. The normalized spacial score (nSPS) is 28.9. The zero-order valence-electron chi connectivity index (χ0n) is 8.33. The number of carbonyl (C=O) groups is 1. The molecule has 15 heavy (non-hydrogen) atoms. The van der Waals surface area contributed by atoms with Crippen molar-refractivity contribution in [3.63, 3.8) is 0 Å². The molecule has 4 heteroatoms. The van der Waals surface area contributed by atoms with Crippen LogP contribution in [0.15, 0.2) is 18.2 Å². The molecule has 0 radical (unpaired) electrons. The van der Waals surface area contributed by atoms with Crippen LogP contribution in [0.25, 0.3) is 0 Å². The number of benzene rings is 1. The van der Waals surface area contributed by atoms with Gasteiger partial charge in [0.15, 0.2) is 0 Å². The molecule has 0 heterocycles. The molecule has 3 nitrogen and oxygen atoms in total. The summed E-state index contributed by atoms with van der Waals surface area (Å²) >= 11 is 5.86. The Morgan fingerprint density at radius 1 is 1.67 bits per heavy atom. The van der Waals surface area contributed by atoms with Gasteiger partial charge in [-0.2, -0.15) is 0 Å². The van der Waals surface area contributed by atoms with E-state index in [0.717, 1.165) is 5.56 Å². The third kappa shape index (κ3) is 1.34. The third-order valence-corrected chi connectivity index (χ3v) is 3.41. The molecule has 1 aliphatic rings. The van der Waals surface area contributed by atoms with Crippen LogP contribution in [-0.4, -0.2) is 11.1 Å². The maximum atomic E-state index is 11.2. The van der Waals surface area contributed by atoms with Crippen LogP contribution in [0.5, 0.6) is 0 Å². The highest BCUT2D eigenvalue weighted by Crippen LogP contribution is 2.40. The van der Waals surface area contributed by atoms with Gasteiger partial charge in [0.1, 0.15) is 5.54 Å². The standard InChI is InChI=1S/C11H12ClNO2/c1-6-4-7-5-8(12)2-3-9(7)11(6,13)10(14)15/h2-3,5-6H,4,13H2,1H3,(H,14,15). The molecule has 2 unspecified atom stereocenters. The van der Waals surface area contributed by atoms with Crippen LogP contribution in [0.3, 0.4) is 0 Å². The van der Waals surface area contributed by atoms with Gasteiger partial charge in [0.05, 0.1) is 0 Å². The van der Waals surface area contributed by atoms with Crippen molar-refractivity contribution in [2.24, 2.45) is 11.7 Å². The van der Waals surface area contributed by atoms with Gasteiger partial charge in [-0.15, -0.1) is 0 Å². The van der Waals surface area contributed by atoms with Gasteiger partial charge in [-0.3, -0.25) is 0 Å². The number of hydrogen-bond donors (Lipinski definition) is 2. The van der Waals surface area contributed by atoms with E-state index < -0.39 is 11.5 Å². The predicted molar refractivity (Wildman–Crippen MR) is 57.8 cm³/mol. The van der Waals surface area contributed by atoms with E-state index in [4.69, 9.17) is 17.3 Å². The molecule has 0 spiro atoms. The highest BCUT2D eigenvalue weighted by molar-refractivity contribution is 6.30. The van der Waals surface area contributed by atoms with E-state index in [0.29, 0.717) is 17.0 Å². The topological polar surface area (TPSA) is 63.3 Å². The second kappa shape index (κ2) is 3.22. The van der Waals surface area contributed by atoms with Crippen LogP contribution in [0.4, 0.5) is 0 Å². The number of nitrogens with two attached hydrogens (primary N) is 1. The quantitative estimate of drug-likeness (QED) is 0.766. The predicted octanol–water partition coefficient (Wildman–Crippen LogP) is 1.77. The Labute approximate surface area is 92.8 Å². The zero-order chi connectivity index (χ0) is 11.2. The molecule has 3 N–H and O–H groups in total. The maximum Gasteiger partial charge on any atom is 0.328 e. The number of aliphatic carboxylic acids is 1. The van der Waals surface area contributed by atoms with Gasteiger partial charge in [0.25, 0.3) is 0 Å². The average molecular weight is 226 g/mol. The van der Waals surface area contributed by atoms with Crippen LogP contribution >= 0.6 is 11.6 Å². The zero-order valence-corrected chi connectivity index (χ0v) is 9.08. The summed E-state index contributed by atoms with van der Waals surface area (Å²) in [7, 11) is 0. The van der Waals surface area contributed by atoms with Crippen molar-refractivity contribution in [2.75, 3.05) is 0 Å². The minimum absolute atomic E-state index is 0.108. The molecule has 80 valence electrons. The average Bonchev–Trinajstić information content (AvgIpc) is 2.39. The first kappa shape index (κ1) is 10.5. The molecule has 0 amide bonds. The second-order valence-electron chi connectivity index (χ2n) is 4.08. The van der Waals surface area contributed by atoms with Crippen molar-refractivity contribution in [3.05, 3.63) is 34.3 Å². The van der Waals surface area contributed by atoms with Crippen molar-refractivity contribution in [1.82, 2.24) is 0 Å². The van der Waals surface area contributed by atoms with Gasteiger partial charge < -0.3 is 10.8 Å². The summed E-state index contributed by atoms with van der Waals surface area (Å²) in [5.41, 5.74) is 6.33. The monoisotopic (exact) mass is 225 g/mol. The van der Waals surface area contributed by atoms with Crippen LogP contribution in [0.1, 0.15) is 18.1 Å². The van der Waals surface area contributed by atoms with E-state index in [1.807, 2.05) is 6.92 Å². The smallest absolute Gasteiger partial charge is 0.328 e. The number of hydrogen-bond acceptors (Lipinski definition) is 2. The van der Waals surface area contributed by atoms with E-state index in [2.05, 4.69) is 0 Å². The number of carboxylic acid groups (broad SMARTS) is 1. The number of rotatable bonds is 1. The van der Waals surface area contributed by atoms with Crippen LogP contribution in [0, 0.1) is 5.92 Å². The highest BCUT2D eigenvalue weighted by Gasteiger charge is 2.47. The van der Waals surface area contributed by atoms with Gasteiger partial charge in [0.2, 0.25) is 0 Å². The fourth-order valence-electron chi connectivity index (χ4n) is 2.22. The summed E-state index contributed by atoms with van der Waals surface area (Å²) in [5, 5.41) is 9.82. The van der Waals surface area contributed by atoms with Crippen LogP contribution in [-0.2, 0) is 16.8 Å². The Morgan fingerprint density at radius 2 is 2.33 bits per heavy atom. The van der Waals surface area contributed by atoms with E-state index in [-0.39, 0.29) is 5.92 Å². The Balaban J connectivity index is 2.60. The first-order valence-electron chi connectivity index (χ1n) is 4.77. The summed E-state index contributed by atoms with van der Waals surface area (Å²) in [4.78, 5) is 11.2. The lowest BCUT2D eigenvalue weighted by atomic mass is 9.86. The van der Waals surface area contributed by atoms with Crippen molar-refractivity contribution in [3.8, 4) is 0 Å². The van der Waals surface area contributed by atoms with E-state index >= 15 is 0 Å². The van der Waals surface area contributed by atoms with Crippen LogP contribution in [0.2, 0.25) is 5.02 Å². The third-order valence-electron chi connectivity index (χ3n) is 3.17. The Morgan fingerprint density at radius 3 is 2.93 bits per heavy atom. The fourth-order valence-corrected chi connectivity index (χ4v) is 2.41. The molecular formula is C11H12ClNO2. The lowest BCUT2D eigenvalue weighted by Crippen LogP contribution is -2.47. The minimum Gasteiger partial charge on any atom is -0.480 e. The summed E-state index contributed by atoms with van der Waals surface area (Å²) in [6.07, 6.45) is 0.665. The van der Waals surface area contributed by atoms with Gasteiger partial charge in [-0.05, 0) is 35.6 Å². The molecule has 1 aliphatic carbocycles. The lowest BCUT2D eigenvalue weighted by Gasteiger charge is -2.24. The maximum absolute atomic E-state index is 11.2. The van der Waals surface area contributed by atoms with Crippen LogP contribution < -0.4 is 5.73 Å². The Hall–Kier alpha value is -1.06. The molecule has 0 aliphatic heterocycles. The summed E-state index contributed by atoms with van der Waals surface area (Å²) in [6.45, 7) is 1.85. The Kier molecular flexibility index (Phi) is 2.24. The summed E-state index contributed by atoms with van der Waals surface area (Å²) in [6, 6.07) is 5.20. The van der Waals surface area contributed by atoms with Gasteiger partial charge in [-0.25, -0.2) is 4.79 Å². The first-order valence-corrected chi connectivity index (χ1v) is 5.15. The molecule has 0 saturated carbocycles. The highest BCUT2D eigenvalue weighted by atomic mass is 35.5. The second-order valence-corrected chi connectivity index (χ2v) is 4.52. The van der Waals surface area contributed by atoms with Gasteiger partial charge in [-0.1, -0.05) is 24.6 Å². The van der Waals surface area contributed by atoms with E-state index in [9.17, 15) is 9.90 Å². The van der Waals surface area contributed by atoms with Crippen molar-refractivity contribution < 1.29 is 9.90 Å². The molecule has 0 saturated heterocycles. The van der Waals surface area contributed by atoms with Crippen molar-refractivity contribution >= 4 is 17.6 Å². The molecule has 1 aromatic rings. The van der Waals surface area contributed by atoms with E-state index in [1.54, 1.807) is 18.2 Å². The molecule has 1 aromatic carbocycles. The molecule has 0 fully saturated rings. The summed E-state index contributed by atoms with van der Waals surface area (Å²) < 4.78 is 0. The molecule has 0 bridgehead atoms. The van der Waals surface area contributed by atoms with Crippen molar-refractivity contribution in [1.29, 1.82) is 0 Å². The SMILES string of the molecule is CC1Cc2cc(Cl)ccc2C1(N)C(=O)O. The van der Waals surface area contributed by atoms with Gasteiger partial charge >= 0.3 is 5.97 Å².